The predicted molar refractivity (Wildman–Crippen MR) is 64.4 cm³/mol. The van der Waals surface area contributed by atoms with Crippen molar-refractivity contribution in [2.75, 3.05) is 13.2 Å². The van der Waals surface area contributed by atoms with Crippen LogP contribution in [0.25, 0.3) is 0 Å². The van der Waals surface area contributed by atoms with Gasteiger partial charge >= 0.3 is 0 Å². The first-order chi connectivity index (χ1) is 7.72. The molecule has 4 nitrogen and oxygen atoms in total. The summed E-state index contributed by atoms with van der Waals surface area (Å²) in [5, 5.41) is 12.9. The summed E-state index contributed by atoms with van der Waals surface area (Å²) in [7, 11) is 0. The number of aliphatic hydroxyl groups excluding tert-OH is 1. The maximum Gasteiger partial charge on any atom is 0.143 e. The molecule has 1 rings (SSSR count). The minimum absolute atomic E-state index is 0.0899. The van der Waals surface area contributed by atoms with Gasteiger partial charge in [-0.2, -0.15) is 0 Å². The summed E-state index contributed by atoms with van der Waals surface area (Å²) >= 11 is 5.76. The Bertz CT molecular complexity index is 338. The molecule has 0 radical (unpaired) electrons. The van der Waals surface area contributed by atoms with Crippen LogP contribution in [-0.4, -0.2) is 24.2 Å². The third-order valence-electron chi connectivity index (χ3n) is 1.87. The van der Waals surface area contributed by atoms with Crippen LogP contribution in [0, 0.1) is 0 Å². The Morgan fingerprint density at radius 3 is 2.69 bits per heavy atom. The second-order valence-corrected chi connectivity index (χ2v) is 3.73. The van der Waals surface area contributed by atoms with Gasteiger partial charge in [-0.05, 0) is 17.7 Å². The van der Waals surface area contributed by atoms with Gasteiger partial charge in [0.25, 0.3) is 0 Å². The van der Waals surface area contributed by atoms with Gasteiger partial charge in [-0.1, -0.05) is 28.9 Å². The Morgan fingerprint density at radius 1 is 1.38 bits per heavy atom. The summed E-state index contributed by atoms with van der Waals surface area (Å²) in [6.45, 7) is 0.463. The zero-order chi connectivity index (χ0) is 11.8. The number of halogens is 1. The quantitative estimate of drug-likeness (QED) is 0.344. The molecule has 0 saturated carbocycles. The molecule has 88 valence electrons. The minimum Gasteiger partial charge on any atom is -0.396 e. The number of nitrogens with zero attached hydrogens (tertiary/aromatic N) is 1. The largest absolute Gasteiger partial charge is 0.396 e. The molecule has 0 aromatic heterocycles. The third kappa shape index (κ3) is 5.00. The lowest BCUT2D eigenvalue weighted by atomic mass is 10.1. The van der Waals surface area contributed by atoms with E-state index in [0.29, 0.717) is 30.3 Å². The van der Waals surface area contributed by atoms with E-state index in [1.54, 1.807) is 12.1 Å². The predicted octanol–water partition coefficient (Wildman–Crippen LogP) is 1.55. The molecule has 0 aliphatic carbocycles. The van der Waals surface area contributed by atoms with Crippen LogP contribution in [0.2, 0.25) is 5.02 Å². The molecule has 0 fully saturated rings. The Balaban J connectivity index is 2.38. The molecule has 1 aromatic carbocycles. The van der Waals surface area contributed by atoms with Gasteiger partial charge in [0.05, 0.1) is 0 Å². The van der Waals surface area contributed by atoms with Crippen LogP contribution < -0.4 is 5.73 Å². The van der Waals surface area contributed by atoms with Gasteiger partial charge in [-0.25, -0.2) is 0 Å². The highest BCUT2D eigenvalue weighted by Gasteiger charge is 1.97. The van der Waals surface area contributed by atoms with Gasteiger partial charge in [-0.15, -0.1) is 0 Å². The van der Waals surface area contributed by atoms with Gasteiger partial charge in [0, 0.05) is 24.5 Å². The molecule has 0 saturated heterocycles. The first kappa shape index (κ1) is 12.8. The molecule has 0 atom stereocenters. The molecular formula is C11H15ClN2O2. The normalized spacial score (nSPS) is 11.5. The number of hydrogen-bond acceptors (Lipinski definition) is 3. The molecule has 0 aliphatic heterocycles. The van der Waals surface area contributed by atoms with Crippen molar-refractivity contribution in [3.05, 3.63) is 34.9 Å². The van der Waals surface area contributed by atoms with E-state index in [4.69, 9.17) is 27.3 Å². The number of nitrogens with two attached hydrogens (primary N) is 1. The molecule has 3 N–H and O–H groups in total. The fraction of sp³-hybridized carbons (Fsp3) is 0.364. The van der Waals surface area contributed by atoms with Crippen LogP contribution in [-0.2, 0) is 11.3 Å². The lowest BCUT2D eigenvalue weighted by molar-refractivity contribution is 0.123. The molecule has 0 aliphatic rings. The van der Waals surface area contributed by atoms with E-state index < -0.39 is 0 Å². The van der Waals surface area contributed by atoms with Crippen molar-refractivity contribution >= 4 is 17.4 Å². The highest BCUT2D eigenvalue weighted by atomic mass is 35.5. The first-order valence-electron chi connectivity index (χ1n) is 5.02. The standard InChI is InChI=1S/C11H15ClN2O2/c12-10-4-2-9(3-5-10)8-11(13)14-16-7-1-6-15/h2-5,15H,1,6-8H2,(H2,13,14). The van der Waals surface area contributed by atoms with E-state index in [2.05, 4.69) is 5.16 Å². The number of benzene rings is 1. The Hall–Kier alpha value is -1.26. The van der Waals surface area contributed by atoms with E-state index in [1.165, 1.54) is 0 Å². The summed E-state index contributed by atoms with van der Waals surface area (Å²) in [6.07, 6.45) is 1.08. The van der Waals surface area contributed by atoms with Crippen molar-refractivity contribution in [3.63, 3.8) is 0 Å². The molecule has 5 heteroatoms. The second kappa shape index (κ2) is 7.09. The highest BCUT2D eigenvalue weighted by Crippen LogP contribution is 2.09. The summed E-state index contributed by atoms with van der Waals surface area (Å²) in [4.78, 5) is 4.91. The van der Waals surface area contributed by atoms with Crippen molar-refractivity contribution in [3.8, 4) is 0 Å². The van der Waals surface area contributed by atoms with Crippen LogP contribution in [0.4, 0.5) is 0 Å². The fourth-order valence-corrected chi connectivity index (χ4v) is 1.23. The van der Waals surface area contributed by atoms with E-state index in [-0.39, 0.29) is 6.61 Å². The second-order valence-electron chi connectivity index (χ2n) is 3.30. The first-order valence-corrected chi connectivity index (χ1v) is 5.40. The molecular weight excluding hydrogens is 228 g/mol. The maximum absolute atomic E-state index is 8.52. The number of amidine groups is 1. The molecule has 0 spiro atoms. The molecule has 1 aromatic rings. The van der Waals surface area contributed by atoms with Gasteiger partial charge in [0.2, 0.25) is 0 Å². The number of rotatable bonds is 6. The zero-order valence-corrected chi connectivity index (χ0v) is 9.65. The van der Waals surface area contributed by atoms with Gasteiger partial charge in [0.15, 0.2) is 0 Å². The average Bonchev–Trinajstić information content (AvgIpc) is 2.28. The summed E-state index contributed by atoms with van der Waals surface area (Å²) in [5.41, 5.74) is 6.68. The molecule has 0 bridgehead atoms. The van der Waals surface area contributed by atoms with E-state index >= 15 is 0 Å². The highest BCUT2D eigenvalue weighted by molar-refractivity contribution is 6.30. The summed E-state index contributed by atoms with van der Waals surface area (Å²) in [5.74, 6) is 0.403. The Labute approximate surface area is 99.7 Å². The zero-order valence-electron chi connectivity index (χ0n) is 8.90. The Morgan fingerprint density at radius 2 is 2.06 bits per heavy atom. The van der Waals surface area contributed by atoms with Crippen molar-refractivity contribution in [2.45, 2.75) is 12.8 Å². The topological polar surface area (TPSA) is 67.8 Å². The molecule has 0 amide bonds. The maximum atomic E-state index is 8.52. The van der Waals surface area contributed by atoms with E-state index in [9.17, 15) is 0 Å². The van der Waals surface area contributed by atoms with Crippen LogP contribution in [0.3, 0.4) is 0 Å². The van der Waals surface area contributed by atoms with Gasteiger partial charge in [-0.3, -0.25) is 0 Å². The number of hydrogen-bond donors (Lipinski definition) is 2. The van der Waals surface area contributed by atoms with Crippen LogP contribution in [0.15, 0.2) is 29.4 Å². The third-order valence-corrected chi connectivity index (χ3v) is 2.13. The minimum atomic E-state index is 0.0899. The average molecular weight is 243 g/mol. The lowest BCUT2D eigenvalue weighted by Crippen LogP contribution is -2.15. The Kier molecular flexibility index (Phi) is 5.67. The van der Waals surface area contributed by atoms with Gasteiger partial charge < -0.3 is 15.7 Å². The summed E-state index contributed by atoms with van der Waals surface area (Å²) < 4.78 is 0. The summed E-state index contributed by atoms with van der Waals surface area (Å²) in [6, 6.07) is 7.38. The van der Waals surface area contributed by atoms with E-state index in [0.717, 1.165) is 5.56 Å². The van der Waals surface area contributed by atoms with Crippen LogP contribution >= 0.6 is 11.6 Å². The van der Waals surface area contributed by atoms with Crippen molar-refractivity contribution in [1.82, 2.24) is 0 Å². The number of aliphatic hydroxyl groups is 1. The molecule has 0 unspecified atom stereocenters. The van der Waals surface area contributed by atoms with Crippen LogP contribution in [0.5, 0.6) is 0 Å². The fourth-order valence-electron chi connectivity index (χ4n) is 1.10. The van der Waals surface area contributed by atoms with Crippen molar-refractivity contribution < 1.29 is 9.94 Å². The lowest BCUT2D eigenvalue weighted by Gasteiger charge is -2.02. The molecule has 16 heavy (non-hydrogen) atoms. The van der Waals surface area contributed by atoms with Gasteiger partial charge in [0.1, 0.15) is 12.4 Å². The SMILES string of the molecule is N/C(Cc1ccc(Cl)cc1)=N/OCCCO. The van der Waals surface area contributed by atoms with E-state index in [1.807, 2.05) is 12.1 Å². The van der Waals surface area contributed by atoms with Crippen molar-refractivity contribution in [2.24, 2.45) is 10.9 Å². The monoisotopic (exact) mass is 242 g/mol. The smallest absolute Gasteiger partial charge is 0.143 e. The molecule has 0 heterocycles. The van der Waals surface area contributed by atoms with Crippen LogP contribution in [0.1, 0.15) is 12.0 Å². The van der Waals surface area contributed by atoms with Crippen molar-refractivity contribution in [1.29, 1.82) is 0 Å². The number of oxime groups is 1.